The van der Waals surface area contributed by atoms with Gasteiger partial charge in [-0.1, -0.05) is 13.0 Å². The first-order valence-corrected chi connectivity index (χ1v) is 7.92. The first-order chi connectivity index (χ1) is 10.5. The minimum Gasteiger partial charge on any atom is -0.375 e. The SMILES string of the molecule is CN=C(NCc1ccc(N(C)C)c(F)c1)N1CCCC(C)C1.I. The number of halogens is 2. The van der Waals surface area contributed by atoms with E-state index >= 15 is 0 Å². The topological polar surface area (TPSA) is 30.9 Å². The van der Waals surface area contributed by atoms with Gasteiger partial charge in [-0.2, -0.15) is 0 Å². The van der Waals surface area contributed by atoms with Crippen molar-refractivity contribution >= 4 is 35.6 Å². The molecule has 6 heteroatoms. The van der Waals surface area contributed by atoms with Crippen molar-refractivity contribution in [3.63, 3.8) is 0 Å². The Labute approximate surface area is 156 Å². The summed E-state index contributed by atoms with van der Waals surface area (Å²) in [5.41, 5.74) is 1.53. The van der Waals surface area contributed by atoms with Crippen molar-refractivity contribution in [2.75, 3.05) is 39.1 Å². The van der Waals surface area contributed by atoms with Crippen LogP contribution in [0.1, 0.15) is 25.3 Å². The highest BCUT2D eigenvalue weighted by molar-refractivity contribution is 14.0. The number of anilines is 1. The number of benzene rings is 1. The van der Waals surface area contributed by atoms with Crippen molar-refractivity contribution in [1.82, 2.24) is 10.2 Å². The van der Waals surface area contributed by atoms with Gasteiger partial charge in [-0.25, -0.2) is 4.39 Å². The molecule has 0 radical (unpaired) electrons. The highest BCUT2D eigenvalue weighted by atomic mass is 127. The summed E-state index contributed by atoms with van der Waals surface area (Å²) in [5.74, 6) is 1.42. The average Bonchev–Trinajstić information content (AvgIpc) is 2.47. The highest BCUT2D eigenvalue weighted by Crippen LogP contribution is 2.19. The molecule has 1 aromatic rings. The van der Waals surface area contributed by atoms with E-state index in [1.165, 1.54) is 12.8 Å². The molecule has 0 amide bonds. The molecule has 1 saturated heterocycles. The summed E-state index contributed by atoms with van der Waals surface area (Å²) in [7, 11) is 5.49. The van der Waals surface area contributed by atoms with Crippen LogP contribution in [-0.2, 0) is 6.54 Å². The second-order valence-electron chi connectivity index (χ2n) is 6.27. The smallest absolute Gasteiger partial charge is 0.193 e. The van der Waals surface area contributed by atoms with E-state index in [2.05, 4.69) is 22.1 Å². The van der Waals surface area contributed by atoms with Crippen LogP contribution in [-0.4, -0.2) is 45.1 Å². The van der Waals surface area contributed by atoms with Crippen LogP contribution in [0.25, 0.3) is 0 Å². The maximum absolute atomic E-state index is 14.0. The van der Waals surface area contributed by atoms with E-state index in [1.54, 1.807) is 18.0 Å². The van der Waals surface area contributed by atoms with Gasteiger partial charge in [0.1, 0.15) is 5.82 Å². The standard InChI is InChI=1S/C17H27FN4.HI/c1-13-6-5-9-22(12-13)17(19-2)20-11-14-7-8-16(21(3)4)15(18)10-14;/h7-8,10,13H,5-6,9,11-12H2,1-4H3,(H,19,20);1H. The Morgan fingerprint density at radius 3 is 2.74 bits per heavy atom. The largest absolute Gasteiger partial charge is 0.375 e. The van der Waals surface area contributed by atoms with Gasteiger partial charge in [0.15, 0.2) is 5.96 Å². The predicted molar refractivity (Wildman–Crippen MR) is 106 cm³/mol. The molecule has 1 N–H and O–H groups in total. The summed E-state index contributed by atoms with van der Waals surface area (Å²) in [6.45, 7) is 4.93. The van der Waals surface area contributed by atoms with Crippen LogP contribution in [0.4, 0.5) is 10.1 Å². The third-order valence-electron chi connectivity index (χ3n) is 4.11. The molecule has 0 bridgehead atoms. The lowest BCUT2D eigenvalue weighted by Gasteiger charge is -2.33. The van der Waals surface area contributed by atoms with Gasteiger partial charge in [0, 0.05) is 40.8 Å². The zero-order chi connectivity index (χ0) is 16.1. The second kappa shape index (κ2) is 9.30. The van der Waals surface area contributed by atoms with Gasteiger partial charge in [-0.15, -0.1) is 24.0 Å². The molecular weight excluding hydrogens is 406 g/mol. The van der Waals surface area contributed by atoms with E-state index in [4.69, 9.17) is 0 Å². The normalized spacial score (nSPS) is 18.4. The Bertz CT molecular complexity index is 533. The predicted octanol–water partition coefficient (Wildman–Crippen LogP) is 3.32. The number of nitrogens with one attached hydrogen (secondary N) is 1. The van der Waals surface area contributed by atoms with Crippen molar-refractivity contribution in [1.29, 1.82) is 0 Å². The molecule has 1 aliphatic rings. The molecule has 1 aliphatic heterocycles. The Morgan fingerprint density at radius 1 is 1.43 bits per heavy atom. The number of rotatable bonds is 3. The third-order valence-corrected chi connectivity index (χ3v) is 4.11. The molecule has 0 saturated carbocycles. The van der Waals surface area contributed by atoms with E-state index in [-0.39, 0.29) is 29.8 Å². The fraction of sp³-hybridized carbons (Fsp3) is 0.588. The molecule has 1 aromatic carbocycles. The van der Waals surface area contributed by atoms with Crippen LogP contribution < -0.4 is 10.2 Å². The Hall–Kier alpha value is -1.05. The number of nitrogens with zero attached hydrogens (tertiary/aromatic N) is 3. The second-order valence-corrected chi connectivity index (χ2v) is 6.27. The van der Waals surface area contributed by atoms with Gasteiger partial charge in [0.05, 0.1) is 5.69 Å². The van der Waals surface area contributed by atoms with E-state index in [0.717, 1.165) is 24.6 Å². The Balaban J connectivity index is 0.00000264. The fourth-order valence-corrected chi connectivity index (χ4v) is 2.92. The van der Waals surface area contributed by atoms with Crippen molar-refractivity contribution in [2.45, 2.75) is 26.3 Å². The molecule has 1 atom stereocenters. The van der Waals surface area contributed by atoms with Gasteiger partial charge in [-0.3, -0.25) is 4.99 Å². The molecule has 2 rings (SSSR count). The van der Waals surface area contributed by atoms with Gasteiger partial charge in [0.25, 0.3) is 0 Å². The Morgan fingerprint density at radius 2 is 2.17 bits per heavy atom. The molecule has 0 aromatic heterocycles. The lowest BCUT2D eigenvalue weighted by molar-refractivity contribution is 0.266. The van der Waals surface area contributed by atoms with Gasteiger partial charge < -0.3 is 15.1 Å². The first kappa shape index (κ1) is 20.0. The van der Waals surface area contributed by atoms with Crippen molar-refractivity contribution in [3.05, 3.63) is 29.6 Å². The summed E-state index contributed by atoms with van der Waals surface area (Å²) in [5, 5.41) is 3.35. The van der Waals surface area contributed by atoms with Gasteiger partial charge >= 0.3 is 0 Å². The number of hydrogen-bond donors (Lipinski definition) is 1. The lowest BCUT2D eigenvalue weighted by atomic mass is 10.0. The lowest BCUT2D eigenvalue weighted by Crippen LogP contribution is -2.45. The van der Waals surface area contributed by atoms with E-state index < -0.39 is 0 Å². The average molecular weight is 434 g/mol. The van der Waals surface area contributed by atoms with Crippen LogP contribution in [0.15, 0.2) is 23.2 Å². The maximum atomic E-state index is 14.0. The monoisotopic (exact) mass is 434 g/mol. The van der Waals surface area contributed by atoms with Gasteiger partial charge in [-0.05, 0) is 36.5 Å². The van der Waals surface area contributed by atoms with Crippen LogP contribution in [0.5, 0.6) is 0 Å². The van der Waals surface area contributed by atoms with E-state index in [9.17, 15) is 4.39 Å². The molecule has 130 valence electrons. The molecule has 1 heterocycles. The third kappa shape index (κ3) is 5.51. The minimum absolute atomic E-state index is 0. The fourth-order valence-electron chi connectivity index (χ4n) is 2.92. The van der Waals surface area contributed by atoms with Crippen molar-refractivity contribution < 1.29 is 4.39 Å². The maximum Gasteiger partial charge on any atom is 0.193 e. The summed E-state index contributed by atoms with van der Waals surface area (Å²) in [6.07, 6.45) is 2.48. The number of hydrogen-bond acceptors (Lipinski definition) is 2. The molecular formula is C17H28FIN4. The molecule has 1 fully saturated rings. The first-order valence-electron chi connectivity index (χ1n) is 7.92. The van der Waals surface area contributed by atoms with Crippen LogP contribution in [0.3, 0.4) is 0 Å². The quantitative estimate of drug-likeness (QED) is 0.450. The minimum atomic E-state index is -0.189. The molecule has 0 spiro atoms. The summed E-state index contributed by atoms with van der Waals surface area (Å²) in [4.78, 5) is 8.43. The van der Waals surface area contributed by atoms with Gasteiger partial charge in [0.2, 0.25) is 0 Å². The zero-order valence-corrected chi connectivity index (χ0v) is 16.8. The van der Waals surface area contributed by atoms with Crippen molar-refractivity contribution in [2.24, 2.45) is 10.9 Å². The zero-order valence-electron chi connectivity index (χ0n) is 14.5. The number of aliphatic imine (C=N–C) groups is 1. The summed E-state index contributed by atoms with van der Waals surface area (Å²) >= 11 is 0. The van der Waals surface area contributed by atoms with Crippen LogP contribution in [0.2, 0.25) is 0 Å². The van der Waals surface area contributed by atoms with E-state index in [0.29, 0.717) is 18.2 Å². The molecule has 4 nitrogen and oxygen atoms in total. The number of guanidine groups is 1. The van der Waals surface area contributed by atoms with E-state index in [1.807, 2.05) is 26.2 Å². The molecule has 0 aliphatic carbocycles. The molecule has 1 unspecified atom stereocenters. The Kier molecular flexibility index (Phi) is 8.08. The van der Waals surface area contributed by atoms with Crippen LogP contribution >= 0.6 is 24.0 Å². The van der Waals surface area contributed by atoms with Crippen LogP contribution in [0, 0.1) is 11.7 Å². The highest BCUT2D eigenvalue weighted by Gasteiger charge is 2.19. The number of likely N-dealkylation sites (tertiary alicyclic amines) is 1. The summed E-state index contributed by atoms with van der Waals surface area (Å²) in [6, 6.07) is 5.37. The molecule has 23 heavy (non-hydrogen) atoms. The van der Waals surface area contributed by atoms with Crippen molar-refractivity contribution in [3.8, 4) is 0 Å². The summed E-state index contributed by atoms with van der Waals surface area (Å²) < 4.78 is 14.0. The number of piperidine rings is 1.